The van der Waals surface area contributed by atoms with Crippen LogP contribution in [0.2, 0.25) is 0 Å². The maximum Gasteiger partial charge on any atom is 0.421 e. The minimum atomic E-state index is -2.32. The van der Waals surface area contributed by atoms with Crippen molar-refractivity contribution >= 4 is 23.8 Å². The summed E-state index contributed by atoms with van der Waals surface area (Å²) in [5, 5.41) is 45.2. The maximum atomic E-state index is 13.7. The van der Waals surface area contributed by atoms with Gasteiger partial charge < -0.3 is 67.7 Å². The zero-order valence-corrected chi connectivity index (χ0v) is 53.0. The Kier molecular flexibility index (Phi) is 29.2. The Labute approximate surface area is 523 Å². The van der Waals surface area contributed by atoms with Gasteiger partial charge in [0.1, 0.15) is 13.2 Å². The molecule has 0 aliphatic rings. The number of nitriles is 2. The molecular formula is C62H82N8O20. The van der Waals surface area contributed by atoms with Gasteiger partial charge in [0, 0.05) is 25.2 Å². The molecule has 4 aromatic carbocycles. The molecule has 6 atom stereocenters. The summed E-state index contributed by atoms with van der Waals surface area (Å²) < 4.78 is 55.4. The minimum absolute atomic E-state index is 0.0458. The molecule has 28 nitrogen and oxygen atoms in total. The van der Waals surface area contributed by atoms with E-state index in [-0.39, 0.29) is 35.1 Å². The van der Waals surface area contributed by atoms with Crippen LogP contribution in [0.15, 0.2) is 72.8 Å². The molecule has 0 saturated heterocycles. The van der Waals surface area contributed by atoms with Crippen LogP contribution in [0.1, 0.15) is 113 Å². The molecule has 90 heavy (non-hydrogen) atoms. The third-order valence-electron chi connectivity index (χ3n) is 15.2. The van der Waals surface area contributed by atoms with Crippen molar-refractivity contribution in [1.29, 1.82) is 10.5 Å². The number of methoxy groups -OCH3 is 6. The first-order chi connectivity index (χ1) is 43.1. The molecule has 6 unspecified atom stereocenters. The van der Waals surface area contributed by atoms with Crippen molar-refractivity contribution in [2.24, 2.45) is 0 Å². The van der Waals surface area contributed by atoms with Crippen LogP contribution in [-0.2, 0) is 49.2 Å². The third kappa shape index (κ3) is 20.3. The lowest BCUT2D eigenvalue weighted by Gasteiger charge is -2.30. The predicted molar refractivity (Wildman–Crippen MR) is 323 cm³/mol. The number of esters is 2. The second kappa shape index (κ2) is 36.1. The molecule has 2 N–H and O–H groups in total. The molecule has 4 rings (SSSR count). The molecule has 0 bridgehead atoms. The summed E-state index contributed by atoms with van der Waals surface area (Å²) in [7, 11) is 12.6. The quantitative estimate of drug-likeness (QED) is 0.0108. The summed E-state index contributed by atoms with van der Waals surface area (Å²) in [6.07, 6.45) is 0.441. The molecule has 490 valence electrons. The van der Waals surface area contributed by atoms with E-state index in [1.165, 1.54) is 26.4 Å². The molecule has 4 aromatic rings. The van der Waals surface area contributed by atoms with Gasteiger partial charge >= 0.3 is 36.3 Å². The van der Waals surface area contributed by atoms with E-state index in [1.54, 1.807) is 64.8 Å². The number of benzene rings is 4. The van der Waals surface area contributed by atoms with E-state index < -0.39 is 83.6 Å². The first kappa shape index (κ1) is 72.9. The van der Waals surface area contributed by atoms with Gasteiger partial charge in [-0.15, -0.1) is 20.2 Å². The normalized spacial score (nSPS) is 13.6. The Morgan fingerprint density at radius 3 is 1.17 bits per heavy atom. The van der Waals surface area contributed by atoms with Crippen LogP contribution < -0.4 is 48.5 Å². The Morgan fingerprint density at radius 1 is 0.522 bits per heavy atom. The highest BCUT2D eigenvalue weighted by atomic mass is 17.0. The van der Waals surface area contributed by atoms with Crippen LogP contribution in [0.3, 0.4) is 0 Å². The monoisotopic (exact) mass is 1260 g/mol. The molecule has 0 aliphatic carbocycles. The Bertz CT molecular complexity index is 2930. The van der Waals surface area contributed by atoms with Crippen molar-refractivity contribution in [2.75, 3.05) is 96.1 Å². The van der Waals surface area contributed by atoms with E-state index in [4.69, 9.17) is 47.4 Å². The van der Waals surface area contributed by atoms with E-state index >= 15 is 0 Å². The summed E-state index contributed by atoms with van der Waals surface area (Å²) in [6.45, 7) is 6.78. The largest absolute Gasteiger partial charge is 0.493 e. The highest BCUT2D eigenvalue weighted by Crippen LogP contribution is 2.42. The lowest BCUT2D eigenvalue weighted by Crippen LogP contribution is -2.46. The van der Waals surface area contributed by atoms with Crippen LogP contribution in [0.5, 0.6) is 46.0 Å². The van der Waals surface area contributed by atoms with Crippen molar-refractivity contribution < 1.29 is 86.4 Å². The van der Waals surface area contributed by atoms with Gasteiger partial charge in [0.2, 0.25) is 0 Å². The van der Waals surface area contributed by atoms with Gasteiger partial charge in [0.25, 0.3) is 10.2 Å². The van der Waals surface area contributed by atoms with Gasteiger partial charge in [-0.05, 0) is 150 Å². The summed E-state index contributed by atoms with van der Waals surface area (Å²) in [5.74, 6) is -4.34. The predicted octanol–water partition coefficient (Wildman–Crippen LogP) is 7.65. The lowest BCUT2D eigenvalue weighted by molar-refractivity contribution is -0.757. The van der Waals surface area contributed by atoms with E-state index in [1.807, 2.05) is 66.1 Å². The highest BCUT2D eigenvalue weighted by molar-refractivity contribution is 6.30. The second-order valence-corrected chi connectivity index (χ2v) is 20.8. The number of ether oxygens (including phenoxy) is 10. The van der Waals surface area contributed by atoms with Gasteiger partial charge in [-0.3, -0.25) is 19.4 Å². The highest BCUT2D eigenvalue weighted by Gasteiger charge is 2.37. The fraction of sp³-hybridized carbons (Fsp3) is 0.516. The molecule has 0 aliphatic heterocycles. The van der Waals surface area contributed by atoms with Crippen molar-refractivity contribution in [2.45, 2.75) is 115 Å². The molecule has 0 saturated carbocycles. The second-order valence-electron chi connectivity index (χ2n) is 20.8. The van der Waals surface area contributed by atoms with E-state index in [2.05, 4.69) is 42.2 Å². The smallest absolute Gasteiger partial charge is 0.421 e. The van der Waals surface area contributed by atoms with E-state index in [0.29, 0.717) is 85.7 Å². The molecule has 0 spiro atoms. The number of carbonyl (C=O) groups excluding carboxylic acids is 4. The number of hydrogen-bond donors (Lipinski definition) is 2. The van der Waals surface area contributed by atoms with Crippen LogP contribution in [0.25, 0.3) is 0 Å². The zero-order valence-electron chi connectivity index (χ0n) is 53.0. The molecule has 28 heteroatoms. The van der Waals surface area contributed by atoms with E-state index in [9.17, 15) is 49.9 Å². The number of hydrogen-bond acceptors (Lipinski definition) is 24. The Balaban J connectivity index is 1.54. The van der Waals surface area contributed by atoms with Crippen LogP contribution >= 0.6 is 0 Å². The van der Waals surface area contributed by atoms with Crippen molar-refractivity contribution in [3.05, 3.63) is 115 Å². The molecule has 2 amide bonds. The average Bonchev–Trinajstić information content (AvgIpc) is 1.19. The zero-order chi connectivity index (χ0) is 66.6. The first-order valence-corrected chi connectivity index (χ1v) is 29.0. The molecule has 0 radical (unpaired) electrons. The number of carbonyl (C=O) groups is 4. The van der Waals surface area contributed by atoms with Gasteiger partial charge in [-0.1, -0.05) is 51.0 Å². The molecule has 0 aromatic heterocycles. The van der Waals surface area contributed by atoms with Gasteiger partial charge in [0.15, 0.2) is 46.0 Å². The van der Waals surface area contributed by atoms with Crippen molar-refractivity contribution in [1.82, 2.24) is 20.4 Å². The lowest BCUT2D eigenvalue weighted by atomic mass is 9.74. The summed E-state index contributed by atoms with van der Waals surface area (Å²) in [4.78, 5) is 88.9. The van der Waals surface area contributed by atoms with Crippen molar-refractivity contribution in [3.8, 4) is 58.1 Å². The minimum Gasteiger partial charge on any atom is -0.493 e. The summed E-state index contributed by atoms with van der Waals surface area (Å²) in [5.41, 5.74) is 1.47. The average molecular weight is 1260 g/mol. The van der Waals surface area contributed by atoms with Gasteiger partial charge in [-0.2, -0.15) is 10.5 Å². The van der Waals surface area contributed by atoms with Crippen LogP contribution in [0, 0.1) is 42.9 Å². The number of rotatable bonds is 40. The number of nitrogens with zero attached hydrogens (tertiary/aromatic N) is 6. The molecule has 0 fully saturated rings. The molecular weight excluding hydrogens is 1180 g/mol. The first-order valence-electron chi connectivity index (χ1n) is 29.0. The number of nitrogens with one attached hydrogen (secondary N) is 2. The van der Waals surface area contributed by atoms with Crippen LogP contribution in [-0.4, -0.2) is 152 Å². The topological polar surface area (TPSA) is 343 Å². The SMILES string of the molecule is CCCC(C#N)(CCCN(C)C(C)c1ccc(OC(OC(=O)C(=O)OC(Oc2ccc(C(C)N(C)CCCC(C#N)(CCC)c3ccc(OC)c(OC)c3)cc2OC)C(=O)NCCO[N+](=O)[O-])C(=O)NCCO[N+](=O)[O-])c(OC)c1)c1ccc(OC)c(OC)c1. The fourth-order valence-electron chi connectivity index (χ4n) is 10.1. The maximum absolute atomic E-state index is 13.7. The fourth-order valence-corrected chi connectivity index (χ4v) is 10.1. The standard InChI is InChI=1S/C62H82N8O20/c1-13-25-61(39-63,45-19-23-47(79-7)53(37-45)83-11)27-15-31-67(5)41(3)43-17-21-49(51(35-43)81-9)87-59(55(71)65-29-33-85-69(75)76)89-57(73)58(74)90-60(56(72)66-30-34-86-70(77)78)88-50-22-18-44(36-52(50)82-10)42(4)68(6)32-16-28-62(40-64,26-14-2)46-20-24-48(80-8)54(38-46)84-12/h17-24,35-38,41-42,59-60H,13-16,25-34H2,1-12H3,(H,65,71)(H,66,72). The van der Waals surface area contributed by atoms with Crippen LogP contribution in [0.4, 0.5) is 0 Å². The van der Waals surface area contributed by atoms with Gasteiger partial charge in [-0.25, -0.2) is 9.59 Å². The summed E-state index contributed by atoms with van der Waals surface area (Å²) in [6, 6.07) is 25.0. The summed E-state index contributed by atoms with van der Waals surface area (Å²) >= 11 is 0. The Hall–Kier alpha value is -9.54. The van der Waals surface area contributed by atoms with Gasteiger partial charge in [0.05, 0.1) is 65.6 Å². The third-order valence-corrected chi connectivity index (χ3v) is 15.2. The Morgan fingerprint density at radius 2 is 0.856 bits per heavy atom. The number of amides is 2. The van der Waals surface area contributed by atoms with Crippen molar-refractivity contribution in [3.63, 3.8) is 0 Å². The van der Waals surface area contributed by atoms with E-state index in [0.717, 1.165) is 24.0 Å². The molecule has 0 heterocycles.